The third kappa shape index (κ3) is 5.22. The highest BCUT2D eigenvalue weighted by Crippen LogP contribution is 2.13. The van der Waals surface area contributed by atoms with Crippen LogP contribution in [0.15, 0.2) is 24.3 Å². The minimum absolute atomic E-state index is 0.245. The molecular weight excluding hydrogens is 228 g/mol. The zero-order chi connectivity index (χ0) is 13.4. The van der Waals surface area contributed by atoms with Crippen LogP contribution in [0.2, 0.25) is 0 Å². The number of hydrogen-bond donors (Lipinski definition) is 1. The van der Waals surface area contributed by atoms with Crippen molar-refractivity contribution in [2.24, 2.45) is 5.92 Å². The van der Waals surface area contributed by atoms with Gasteiger partial charge in [-0.15, -0.1) is 6.42 Å². The highest BCUT2D eigenvalue weighted by Gasteiger charge is 2.08. The summed E-state index contributed by atoms with van der Waals surface area (Å²) in [6, 6.07) is 7.76. The molecule has 0 aliphatic carbocycles. The predicted molar refractivity (Wildman–Crippen MR) is 71.3 cm³/mol. The van der Waals surface area contributed by atoms with Gasteiger partial charge in [0.2, 0.25) is 0 Å². The van der Waals surface area contributed by atoms with Gasteiger partial charge in [-0.2, -0.15) is 0 Å². The van der Waals surface area contributed by atoms with Crippen molar-refractivity contribution in [3.8, 4) is 18.1 Å². The van der Waals surface area contributed by atoms with Crippen LogP contribution in [0.25, 0.3) is 0 Å². The SMILES string of the molecule is C#CC(O)C[C@@H](C)COCc1ccc(OC)cc1. The number of benzene rings is 1. The van der Waals surface area contributed by atoms with Gasteiger partial charge in [-0.25, -0.2) is 0 Å². The molecule has 0 radical (unpaired) electrons. The summed E-state index contributed by atoms with van der Waals surface area (Å²) in [5.74, 6) is 3.38. The zero-order valence-electron chi connectivity index (χ0n) is 10.9. The number of terminal acetylenes is 1. The van der Waals surface area contributed by atoms with Crippen LogP contribution >= 0.6 is 0 Å². The third-order valence-electron chi connectivity index (χ3n) is 2.65. The molecule has 3 heteroatoms. The molecule has 0 aliphatic heterocycles. The van der Waals surface area contributed by atoms with Crippen molar-refractivity contribution in [1.82, 2.24) is 0 Å². The van der Waals surface area contributed by atoms with Crippen LogP contribution in [-0.4, -0.2) is 24.9 Å². The highest BCUT2D eigenvalue weighted by molar-refractivity contribution is 5.26. The number of aliphatic hydroxyl groups excluding tert-OH is 1. The first-order valence-corrected chi connectivity index (χ1v) is 6.00. The molecule has 0 amide bonds. The summed E-state index contributed by atoms with van der Waals surface area (Å²) < 4.78 is 10.7. The fourth-order valence-corrected chi connectivity index (χ4v) is 1.62. The second-order valence-electron chi connectivity index (χ2n) is 4.39. The Labute approximate surface area is 109 Å². The summed E-state index contributed by atoms with van der Waals surface area (Å²) in [6.07, 6.45) is 5.01. The van der Waals surface area contributed by atoms with E-state index in [0.717, 1.165) is 11.3 Å². The molecule has 1 N–H and O–H groups in total. The Morgan fingerprint density at radius 1 is 1.33 bits per heavy atom. The maximum Gasteiger partial charge on any atom is 0.118 e. The highest BCUT2D eigenvalue weighted by atomic mass is 16.5. The molecule has 0 saturated heterocycles. The van der Waals surface area contributed by atoms with E-state index >= 15 is 0 Å². The average molecular weight is 248 g/mol. The summed E-state index contributed by atoms with van der Waals surface area (Å²) in [5.41, 5.74) is 1.10. The fourth-order valence-electron chi connectivity index (χ4n) is 1.62. The van der Waals surface area contributed by atoms with E-state index in [-0.39, 0.29) is 5.92 Å². The quantitative estimate of drug-likeness (QED) is 0.752. The van der Waals surface area contributed by atoms with E-state index < -0.39 is 6.10 Å². The van der Waals surface area contributed by atoms with Crippen LogP contribution in [0.5, 0.6) is 5.75 Å². The van der Waals surface area contributed by atoms with E-state index in [1.165, 1.54) is 0 Å². The average Bonchev–Trinajstić information content (AvgIpc) is 2.39. The van der Waals surface area contributed by atoms with Gasteiger partial charge in [0.25, 0.3) is 0 Å². The maximum absolute atomic E-state index is 9.30. The Kier molecular flexibility index (Phi) is 6.27. The third-order valence-corrected chi connectivity index (χ3v) is 2.65. The molecule has 2 atom stereocenters. The Morgan fingerprint density at radius 3 is 2.56 bits per heavy atom. The first-order chi connectivity index (χ1) is 8.65. The normalized spacial score (nSPS) is 13.7. The van der Waals surface area contributed by atoms with E-state index in [0.29, 0.717) is 19.6 Å². The molecule has 1 rings (SSSR count). The van der Waals surface area contributed by atoms with Gasteiger partial charge >= 0.3 is 0 Å². The van der Waals surface area contributed by atoms with Gasteiger partial charge in [-0.05, 0) is 30.0 Å². The molecule has 0 spiro atoms. The molecule has 0 heterocycles. The molecule has 3 nitrogen and oxygen atoms in total. The van der Waals surface area contributed by atoms with Gasteiger partial charge in [0.05, 0.1) is 13.7 Å². The lowest BCUT2D eigenvalue weighted by atomic mass is 10.1. The molecule has 0 saturated carbocycles. The van der Waals surface area contributed by atoms with E-state index in [9.17, 15) is 5.11 Å². The predicted octanol–water partition coefficient (Wildman–Crippen LogP) is 2.23. The minimum Gasteiger partial charge on any atom is -0.497 e. The number of rotatable bonds is 7. The monoisotopic (exact) mass is 248 g/mol. The standard InChI is InChI=1S/C15H20O3/c1-4-14(16)9-12(2)10-18-11-13-5-7-15(17-3)8-6-13/h1,5-8,12,14,16H,9-11H2,2-3H3/t12-,14?/m1/s1. The van der Waals surface area contributed by atoms with Crippen LogP contribution in [0.1, 0.15) is 18.9 Å². The fraction of sp³-hybridized carbons (Fsp3) is 0.467. The molecule has 1 unspecified atom stereocenters. The Morgan fingerprint density at radius 2 is 2.00 bits per heavy atom. The summed E-state index contributed by atoms with van der Waals surface area (Å²) in [4.78, 5) is 0. The number of aliphatic hydroxyl groups is 1. The van der Waals surface area contributed by atoms with Crippen LogP contribution in [0.4, 0.5) is 0 Å². The molecular formula is C15H20O3. The second kappa shape index (κ2) is 7.75. The van der Waals surface area contributed by atoms with Crippen molar-refractivity contribution in [3.05, 3.63) is 29.8 Å². The Balaban J connectivity index is 2.26. The van der Waals surface area contributed by atoms with Gasteiger partial charge < -0.3 is 14.6 Å². The van der Waals surface area contributed by atoms with E-state index in [2.05, 4.69) is 5.92 Å². The summed E-state index contributed by atoms with van der Waals surface area (Å²) >= 11 is 0. The maximum atomic E-state index is 9.30. The summed E-state index contributed by atoms with van der Waals surface area (Å²) in [6.45, 7) is 3.15. The van der Waals surface area contributed by atoms with E-state index in [1.807, 2.05) is 31.2 Å². The van der Waals surface area contributed by atoms with Gasteiger partial charge in [0.1, 0.15) is 11.9 Å². The number of hydrogen-bond acceptors (Lipinski definition) is 3. The Hall–Kier alpha value is -1.50. The van der Waals surface area contributed by atoms with Crippen LogP contribution in [0, 0.1) is 18.3 Å². The lowest BCUT2D eigenvalue weighted by Crippen LogP contribution is -2.14. The Bertz CT molecular complexity index is 378. The van der Waals surface area contributed by atoms with Crippen molar-refractivity contribution in [1.29, 1.82) is 0 Å². The molecule has 98 valence electrons. The molecule has 0 aliphatic rings. The van der Waals surface area contributed by atoms with Gasteiger partial charge in [-0.3, -0.25) is 0 Å². The molecule has 0 bridgehead atoms. The number of methoxy groups -OCH3 is 1. The van der Waals surface area contributed by atoms with Crippen molar-refractivity contribution < 1.29 is 14.6 Å². The topological polar surface area (TPSA) is 38.7 Å². The first-order valence-electron chi connectivity index (χ1n) is 6.00. The van der Waals surface area contributed by atoms with Crippen LogP contribution in [-0.2, 0) is 11.3 Å². The van der Waals surface area contributed by atoms with Crippen LogP contribution in [0.3, 0.4) is 0 Å². The van der Waals surface area contributed by atoms with Crippen molar-refractivity contribution >= 4 is 0 Å². The summed E-state index contributed by atoms with van der Waals surface area (Å²) in [7, 11) is 1.64. The first kappa shape index (κ1) is 14.6. The largest absolute Gasteiger partial charge is 0.497 e. The van der Waals surface area contributed by atoms with Crippen molar-refractivity contribution in [3.63, 3.8) is 0 Å². The van der Waals surface area contributed by atoms with Crippen LogP contribution < -0.4 is 4.74 Å². The van der Waals surface area contributed by atoms with Gasteiger partial charge in [0.15, 0.2) is 0 Å². The van der Waals surface area contributed by atoms with Crippen molar-refractivity contribution in [2.45, 2.75) is 26.1 Å². The molecule has 0 aromatic heterocycles. The van der Waals surface area contributed by atoms with Gasteiger partial charge in [-0.1, -0.05) is 25.0 Å². The minimum atomic E-state index is -0.676. The lowest BCUT2D eigenvalue weighted by molar-refractivity contribution is 0.0757. The lowest BCUT2D eigenvalue weighted by Gasteiger charge is -2.13. The second-order valence-corrected chi connectivity index (χ2v) is 4.39. The molecule has 0 fully saturated rings. The van der Waals surface area contributed by atoms with E-state index in [1.54, 1.807) is 7.11 Å². The van der Waals surface area contributed by atoms with E-state index in [4.69, 9.17) is 15.9 Å². The molecule has 1 aromatic carbocycles. The number of ether oxygens (including phenoxy) is 2. The summed E-state index contributed by atoms with van der Waals surface area (Å²) in [5, 5.41) is 9.30. The smallest absolute Gasteiger partial charge is 0.118 e. The van der Waals surface area contributed by atoms with Crippen molar-refractivity contribution in [2.75, 3.05) is 13.7 Å². The molecule has 18 heavy (non-hydrogen) atoms. The molecule has 1 aromatic rings. The zero-order valence-corrected chi connectivity index (χ0v) is 10.9. The van der Waals surface area contributed by atoms with Gasteiger partial charge in [0, 0.05) is 6.61 Å².